The van der Waals surface area contributed by atoms with Gasteiger partial charge in [-0.3, -0.25) is 4.79 Å². The minimum Gasteiger partial charge on any atom is -0.378 e. The molecule has 12 heteroatoms. The van der Waals surface area contributed by atoms with E-state index < -0.39 is 5.91 Å². The fraction of sp³-hybridized carbons (Fsp3) is 0.435. The number of morpholine rings is 1. The van der Waals surface area contributed by atoms with Gasteiger partial charge in [0.1, 0.15) is 5.82 Å². The number of anilines is 4. The fourth-order valence-corrected chi connectivity index (χ4v) is 4.53. The summed E-state index contributed by atoms with van der Waals surface area (Å²) in [5.41, 5.74) is 14.4. The van der Waals surface area contributed by atoms with E-state index in [1.165, 1.54) is 11.0 Å². The predicted octanol–water partition coefficient (Wildman–Crippen LogP) is 1.42. The van der Waals surface area contributed by atoms with E-state index in [1.54, 1.807) is 12.4 Å². The van der Waals surface area contributed by atoms with Crippen LogP contribution in [0.4, 0.5) is 23.0 Å². The SMILES string of the molecule is NC(=O)c1ncc(N[C@@H]2CCCC[C@@H]2N)nc1Nc1cc(N2CCOCC2)cc(-n2nccn2)c1. The summed E-state index contributed by atoms with van der Waals surface area (Å²) in [6, 6.07) is 6.04. The van der Waals surface area contributed by atoms with E-state index in [0.29, 0.717) is 24.7 Å². The van der Waals surface area contributed by atoms with Crippen molar-refractivity contribution < 1.29 is 9.53 Å². The van der Waals surface area contributed by atoms with Crippen LogP contribution in [0.3, 0.4) is 0 Å². The number of rotatable bonds is 7. The maximum Gasteiger partial charge on any atom is 0.271 e. The first-order valence-corrected chi connectivity index (χ1v) is 11.9. The van der Waals surface area contributed by atoms with E-state index in [-0.39, 0.29) is 23.6 Å². The van der Waals surface area contributed by atoms with E-state index in [4.69, 9.17) is 16.2 Å². The van der Waals surface area contributed by atoms with E-state index in [2.05, 4.69) is 35.7 Å². The minimum absolute atomic E-state index is 0.0482. The summed E-state index contributed by atoms with van der Waals surface area (Å²) in [5.74, 6) is 0.141. The Hall–Kier alpha value is -3.77. The highest BCUT2D eigenvalue weighted by Crippen LogP contribution is 2.28. The molecule has 35 heavy (non-hydrogen) atoms. The number of nitrogens with two attached hydrogens (primary N) is 2. The van der Waals surface area contributed by atoms with E-state index in [1.807, 2.05) is 18.2 Å². The third-order valence-electron chi connectivity index (χ3n) is 6.35. The van der Waals surface area contributed by atoms with Gasteiger partial charge in [-0.2, -0.15) is 15.0 Å². The van der Waals surface area contributed by atoms with Crippen molar-refractivity contribution in [3.8, 4) is 5.69 Å². The van der Waals surface area contributed by atoms with E-state index in [0.717, 1.165) is 50.1 Å². The molecule has 1 aliphatic carbocycles. The molecule has 1 amide bonds. The van der Waals surface area contributed by atoms with Crippen LogP contribution in [0.1, 0.15) is 36.2 Å². The zero-order valence-corrected chi connectivity index (χ0v) is 19.4. The number of amides is 1. The van der Waals surface area contributed by atoms with Gasteiger partial charge in [0.05, 0.1) is 37.5 Å². The normalized spacial score (nSPS) is 20.4. The number of primary amides is 1. The third kappa shape index (κ3) is 5.33. The molecule has 0 bridgehead atoms. The topological polar surface area (TPSA) is 162 Å². The molecular formula is C23H30N10O2. The van der Waals surface area contributed by atoms with Gasteiger partial charge in [0, 0.05) is 36.5 Å². The highest BCUT2D eigenvalue weighted by atomic mass is 16.5. The van der Waals surface area contributed by atoms with Gasteiger partial charge in [-0.05, 0) is 31.0 Å². The van der Waals surface area contributed by atoms with Gasteiger partial charge in [-0.25, -0.2) is 9.97 Å². The van der Waals surface area contributed by atoms with Gasteiger partial charge in [-0.1, -0.05) is 12.8 Å². The average Bonchev–Trinajstić information content (AvgIpc) is 3.41. The van der Waals surface area contributed by atoms with E-state index >= 15 is 0 Å². The van der Waals surface area contributed by atoms with Crippen LogP contribution < -0.4 is 27.0 Å². The molecule has 1 aliphatic heterocycles. The number of hydrogen-bond donors (Lipinski definition) is 4. The molecular weight excluding hydrogens is 448 g/mol. The van der Waals surface area contributed by atoms with Crippen LogP contribution >= 0.6 is 0 Å². The second kappa shape index (κ2) is 10.2. The lowest BCUT2D eigenvalue weighted by Crippen LogP contribution is -2.42. The monoisotopic (exact) mass is 478 g/mol. The number of carbonyl (C=O) groups is 1. The van der Waals surface area contributed by atoms with E-state index in [9.17, 15) is 4.79 Å². The quantitative estimate of drug-likeness (QED) is 0.391. The molecule has 6 N–H and O–H groups in total. The average molecular weight is 479 g/mol. The fourth-order valence-electron chi connectivity index (χ4n) is 4.53. The molecule has 184 valence electrons. The largest absolute Gasteiger partial charge is 0.378 e. The van der Waals surface area contributed by atoms with Crippen molar-refractivity contribution in [1.29, 1.82) is 0 Å². The first kappa shape index (κ1) is 23.0. The van der Waals surface area contributed by atoms with Crippen molar-refractivity contribution in [1.82, 2.24) is 25.0 Å². The lowest BCUT2D eigenvalue weighted by atomic mass is 9.91. The maximum atomic E-state index is 12.1. The summed E-state index contributed by atoms with van der Waals surface area (Å²) >= 11 is 0. The van der Waals surface area contributed by atoms with Gasteiger partial charge in [0.15, 0.2) is 11.5 Å². The number of hydrogen-bond acceptors (Lipinski definition) is 10. The highest BCUT2D eigenvalue weighted by Gasteiger charge is 2.23. The van der Waals surface area contributed by atoms with Crippen LogP contribution in [0, 0.1) is 0 Å². The molecule has 5 rings (SSSR count). The first-order valence-electron chi connectivity index (χ1n) is 11.9. The maximum absolute atomic E-state index is 12.1. The van der Waals surface area contributed by atoms with Gasteiger partial charge in [-0.15, -0.1) is 0 Å². The van der Waals surface area contributed by atoms with Crippen LogP contribution in [0.15, 0.2) is 36.8 Å². The Morgan fingerprint density at radius 3 is 2.54 bits per heavy atom. The Morgan fingerprint density at radius 2 is 1.80 bits per heavy atom. The van der Waals surface area contributed by atoms with Crippen LogP contribution in [0.25, 0.3) is 5.69 Å². The molecule has 2 atom stereocenters. The molecule has 1 saturated carbocycles. The standard InChI is InChI=1S/C23H30N10O2/c24-18-3-1-2-4-19(18)30-20-14-26-21(22(25)34)23(31-20)29-15-11-16(32-7-9-35-10-8-32)13-17(12-15)33-27-5-6-28-33/h5-6,11-14,18-19H,1-4,7-10,24H2,(H2,25,34)(H2,29,30,31)/t18-,19+/m0/s1. The number of ether oxygens (including phenoxy) is 1. The Kier molecular flexibility index (Phi) is 6.73. The molecule has 2 aliphatic rings. The summed E-state index contributed by atoms with van der Waals surface area (Å²) in [5, 5.41) is 15.2. The molecule has 1 aromatic carbocycles. The van der Waals surface area contributed by atoms with Crippen molar-refractivity contribution in [2.45, 2.75) is 37.8 Å². The lowest BCUT2D eigenvalue weighted by Gasteiger charge is -2.30. The Labute approximate surface area is 203 Å². The Bertz CT molecular complexity index is 1160. The summed E-state index contributed by atoms with van der Waals surface area (Å²) < 4.78 is 5.50. The third-order valence-corrected chi connectivity index (χ3v) is 6.35. The van der Waals surface area contributed by atoms with Crippen molar-refractivity contribution in [3.05, 3.63) is 42.5 Å². The molecule has 3 aromatic rings. The molecule has 1 saturated heterocycles. The molecule has 2 aromatic heterocycles. The highest BCUT2D eigenvalue weighted by molar-refractivity contribution is 5.96. The number of nitrogens with one attached hydrogen (secondary N) is 2. The second-order valence-electron chi connectivity index (χ2n) is 8.80. The van der Waals surface area contributed by atoms with Crippen molar-refractivity contribution >= 4 is 28.9 Å². The number of carbonyl (C=O) groups excluding carboxylic acids is 1. The molecule has 3 heterocycles. The van der Waals surface area contributed by atoms with Crippen LogP contribution in [-0.2, 0) is 4.74 Å². The summed E-state index contributed by atoms with van der Waals surface area (Å²) in [6.45, 7) is 2.84. The molecule has 12 nitrogen and oxygen atoms in total. The predicted molar refractivity (Wildman–Crippen MR) is 132 cm³/mol. The zero-order valence-electron chi connectivity index (χ0n) is 19.4. The van der Waals surface area contributed by atoms with Gasteiger partial charge < -0.3 is 31.7 Å². The van der Waals surface area contributed by atoms with Crippen LogP contribution in [-0.4, -0.2) is 69.3 Å². The Balaban J connectivity index is 1.47. The number of benzene rings is 1. The second-order valence-corrected chi connectivity index (χ2v) is 8.80. The Morgan fingerprint density at radius 1 is 1.06 bits per heavy atom. The number of aromatic nitrogens is 5. The smallest absolute Gasteiger partial charge is 0.271 e. The minimum atomic E-state index is -0.667. The summed E-state index contributed by atoms with van der Waals surface area (Å²) in [7, 11) is 0. The first-order chi connectivity index (χ1) is 17.1. The van der Waals surface area contributed by atoms with Crippen molar-refractivity contribution in [2.75, 3.05) is 41.8 Å². The van der Waals surface area contributed by atoms with Gasteiger partial charge >= 0.3 is 0 Å². The molecule has 0 spiro atoms. The van der Waals surface area contributed by atoms with Crippen molar-refractivity contribution in [2.24, 2.45) is 11.5 Å². The van der Waals surface area contributed by atoms with Gasteiger partial charge in [0.25, 0.3) is 5.91 Å². The lowest BCUT2D eigenvalue weighted by molar-refractivity contribution is 0.0996. The van der Waals surface area contributed by atoms with Gasteiger partial charge in [0.2, 0.25) is 0 Å². The molecule has 2 fully saturated rings. The number of nitrogens with zero attached hydrogens (tertiary/aromatic N) is 6. The summed E-state index contributed by atoms with van der Waals surface area (Å²) in [4.78, 5) is 24.8. The van der Waals surface area contributed by atoms with Crippen LogP contribution in [0.2, 0.25) is 0 Å². The zero-order chi connectivity index (χ0) is 24.2. The van der Waals surface area contributed by atoms with Crippen molar-refractivity contribution in [3.63, 3.8) is 0 Å². The molecule has 0 unspecified atom stereocenters. The van der Waals surface area contributed by atoms with Crippen LogP contribution in [0.5, 0.6) is 0 Å². The molecule has 0 radical (unpaired) electrons. The summed E-state index contributed by atoms with van der Waals surface area (Å²) in [6.07, 6.45) is 8.94.